The van der Waals surface area contributed by atoms with Crippen LogP contribution in [0.4, 0.5) is 0 Å². The molecule has 7 heteroatoms. The monoisotopic (exact) mass is 494 g/mol. The molecule has 0 aromatic heterocycles. The first-order valence-electron chi connectivity index (χ1n) is 10.2. The summed E-state index contributed by atoms with van der Waals surface area (Å²) in [4.78, 5) is 0.567. The Morgan fingerprint density at radius 2 is 0.879 bits per heavy atom. The Morgan fingerprint density at radius 3 is 1.30 bits per heavy atom. The van der Waals surface area contributed by atoms with Crippen LogP contribution in [0.2, 0.25) is 0 Å². The smallest absolute Gasteiger partial charge is 0.217 e. The molecule has 0 bridgehead atoms. The zero-order chi connectivity index (χ0) is 23.3. The Morgan fingerprint density at radius 1 is 0.515 bits per heavy atom. The first kappa shape index (κ1) is 23.2. The van der Waals surface area contributed by atoms with Crippen LogP contribution in [-0.2, 0) is 25.4 Å². The van der Waals surface area contributed by atoms with Gasteiger partial charge in [0.15, 0.2) is 3.53 Å². The summed E-state index contributed by atoms with van der Waals surface area (Å²) in [6, 6.07) is 33.9. The van der Waals surface area contributed by atoms with Crippen molar-refractivity contribution in [3.8, 4) is 0 Å². The van der Waals surface area contributed by atoms with Crippen molar-refractivity contribution in [2.24, 2.45) is 0 Å². The quantitative estimate of drug-likeness (QED) is 0.341. The fraction of sp³-hybridized carbons (Fsp3) is 0.0385. The molecule has 4 rings (SSSR count). The van der Waals surface area contributed by atoms with Gasteiger partial charge in [-0.3, -0.25) is 0 Å². The van der Waals surface area contributed by atoms with Gasteiger partial charge in [-0.25, -0.2) is 16.8 Å². The summed E-state index contributed by atoms with van der Waals surface area (Å²) < 4.78 is 55.3. The second-order valence-electron chi connectivity index (χ2n) is 7.22. The van der Waals surface area contributed by atoms with E-state index in [0.717, 1.165) is 5.56 Å². The van der Waals surface area contributed by atoms with E-state index in [-0.39, 0.29) is 15.5 Å². The van der Waals surface area contributed by atoms with E-state index in [1.807, 2.05) is 36.4 Å². The third-order valence-corrected chi connectivity index (χ3v) is 13.3. The molecular formula is C26H22O4S3. The van der Waals surface area contributed by atoms with Gasteiger partial charge in [0, 0.05) is 10.6 Å². The van der Waals surface area contributed by atoms with Gasteiger partial charge in [-0.05, 0) is 42.0 Å². The Balaban J connectivity index is 2.10. The number of benzene rings is 4. The van der Waals surface area contributed by atoms with Gasteiger partial charge in [-0.1, -0.05) is 84.9 Å². The van der Waals surface area contributed by atoms with E-state index in [0.29, 0.717) is 4.90 Å². The summed E-state index contributed by atoms with van der Waals surface area (Å²) in [6.07, 6.45) is 0. The summed E-state index contributed by atoms with van der Waals surface area (Å²) in [6.45, 7) is 0. The Labute approximate surface area is 197 Å². The normalized spacial score (nSPS) is 12.7. The highest BCUT2D eigenvalue weighted by Gasteiger charge is 2.37. The van der Waals surface area contributed by atoms with Crippen LogP contribution in [0.1, 0.15) is 5.56 Å². The fourth-order valence-electron chi connectivity index (χ4n) is 3.37. The van der Waals surface area contributed by atoms with Crippen molar-refractivity contribution >= 4 is 33.7 Å². The third kappa shape index (κ3) is 5.00. The predicted molar refractivity (Wildman–Crippen MR) is 135 cm³/mol. The van der Waals surface area contributed by atoms with Gasteiger partial charge in [-0.2, -0.15) is 0 Å². The summed E-state index contributed by atoms with van der Waals surface area (Å²) in [5, 5.41) is 0. The molecule has 0 aliphatic rings. The molecule has 0 spiro atoms. The van der Waals surface area contributed by atoms with Crippen LogP contribution in [0.3, 0.4) is 0 Å². The molecule has 0 radical (unpaired) electrons. The number of rotatable bonds is 5. The maximum atomic E-state index is 13.9. The molecule has 1 unspecified atom stereocenters. The van der Waals surface area contributed by atoms with E-state index in [9.17, 15) is 16.8 Å². The molecule has 4 aromatic rings. The van der Waals surface area contributed by atoms with Gasteiger partial charge in [0.25, 0.3) is 0 Å². The van der Waals surface area contributed by atoms with Crippen LogP contribution in [0.5, 0.6) is 0 Å². The van der Waals surface area contributed by atoms with Gasteiger partial charge < -0.3 is 0 Å². The third-order valence-electron chi connectivity index (χ3n) is 4.93. The number of sulfone groups is 2. The lowest BCUT2D eigenvalue weighted by molar-refractivity contribution is 0.603. The summed E-state index contributed by atoms with van der Waals surface area (Å²) in [5.74, 6) is 0.248. The lowest BCUT2D eigenvalue weighted by Crippen LogP contribution is -2.26. The minimum atomic E-state index is -4.33. The average molecular weight is 495 g/mol. The van der Waals surface area contributed by atoms with E-state index in [4.69, 9.17) is 0 Å². The molecule has 0 N–H and O–H groups in total. The number of hydrogen-bond acceptors (Lipinski definition) is 4. The maximum absolute atomic E-state index is 13.9. The molecule has 0 saturated heterocycles. The average Bonchev–Trinajstić information content (AvgIpc) is 2.86. The van der Waals surface area contributed by atoms with Gasteiger partial charge >= 0.3 is 0 Å². The Bertz CT molecular complexity index is 1390. The molecular weight excluding hydrogens is 472 g/mol. The SMILES string of the molecule is O=S(=O)(C(=S(Cc1ccccc1)c1ccccc1)S(=O)(=O)c1ccccc1)c1ccccc1. The van der Waals surface area contributed by atoms with Crippen LogP contribution < -0.4 is 0 Å². The first-order chi connectivity index (χ1) is 15.9. The van der Waals surface area contributed by atoms with Crippen molar-refractivity contribution in [2.45, 2.75) is 20.4 Å². The summed E-state index contributed by atoms with van der Waals surface area (Å²) in [7, 11) is -9.94. The number of hydrogen-bond donors (Lipinski definition) is 0. The lowest BCUT2D eigenvalue weighted by Gasteiger charge is -2.18. The predicted octanol–water partition coefficient (Wildman–Crippen LogP) is 5.55. The molecule has 0 heterocycles. The van der Waals surface area contributed by atoms with Crippen LogP contribution in [0, 0.1) is 0 Å². The molecule has 168 valence electrons. The van der Waals surface area contributed by atoms with Crippen molar-refractivity contribution < 1.29 is 16.8 Å². The highest BCUT2D eigenvalue weighted by atomic mass is 32.3. The van der Waals surface area contributed by atoms with Crippen LogP contribution in [0.25, 0.3) is 0 Å². The van der Waals surface area contributed by atoms with E-state index >= 15 is 0 Å². The minimum absolute atomic E-state index is 0.0407. The largest absolute Gasteiger partial charge is 0.223 e. The molecule has 33 heavy (non-hydrogen) atoms. The zero-order valence-corrected chi connectivity index (χ0v) is 20.1. The first-order valence-corrected chi connectivity index (χ1v) is 14.5. The molecule has 0 saturated carbocycles. The summed E-state index contributed by atoms with van der Waals surface area (Å²) >= 11 is 0. The molecule has 0 fully saturated rings. The highest BCUT2D eigenvalue weighted by Crippen LogP contribution is 2.38. The van der Waals surface area contributed by atoms with Crippen molar-refractivity contribution in [3.63, 3.8) is 0 Å². The van der Waals surface area contributed by atoms with Crippen LogP contribution in [-0.4, -0.2) is 20.4 Å². The molecule has 0 aliphatic carbocycles. The molecule has 4 aromatic carbocycles. The van der Waals surface area contributed by atoms with Crippen molar-refractivity contribution in [3.05, 3.63) is 127 Å². The van der Waals surface area contributed by atoms with Crippen LogP contribution in [0.15, 0.2) is 136 Å². The lowest BCUT2D eigenvalue weighted by atomic mass is 10.2. The van der Waals surface area contributed by atoms with Crippen molar-refractivity contribution in [2.75, 3.05) is 0 Å². The van der Waals surface area contributed by atoms with E-state index in [1.54, 1.807) is 60.7 Å². The highest BCUT2D eigenvalue weighted by molar-refractivity contribution is 8.48. The van der Waals surface area contributed by atoms with E-state index in [2.05, 4.69) is 0 Å². The van der Waals surface area contributed by atoms with Crippen LogP contribution >= 0.6 is 10.5 Å². The minimum Gasteiger partial charge on any atom is -0.217 e. The van der Waals surface area contributed by atoms with Gasteiger partial charge in [0.05, 0.1) is 9.79 Å². The van der Waals surface area contributed by atoms with Crippen molar-refractivity contribution in [1.82, 2.24) is 0 Å². The molecule has 0 amide bonds. The van der Waals surface area contributed by atoms with Gasteiger partial charge in [-0.15, -0.1) is 10.5 Å². The fourth-order valence-corrected chi connectivity index (χ4v) is 11.6. The summed E-state index contributed by atoms with van der Waals surface area (Å²) in [5.41, 5.74) is 0.855. The maximum Gasteiger partial charge on any atom is 0.223 e. The standard InChI is InChI=1S/C26H22O4S3/c27-32(28,24-17-9-3-10-18-24)26(33(29,30)25-19-11-4-12-20-25)31(23-15-7-2-8-16-23)21-22-13-5-1-6-14-22/h1-20H,21H2. The Hall–Kier alpha value is -3.00. The Kier molecular flexibility index (Phi) is 6.93. The second-order valence-corrected chi connectivity index (χ2v) is 13.7. The van der Waals surface area contributed by atoms with Gasteiger partial charge in [0.1, 0.15) is 0 Å². The van der Waals surface area contributed by atoms with Crippen molar-refractivity contribution in [1.29, 1.82) is 0 Å². The van der Waals surface area contributed by atoms with Gasteiger partial charge in [0.2, 0.25) is 19.7 Å². The molecule has 4 nitrogen and oxygen atoms in total. The molecule has 1 atom stereocenters. The van der Waals surface area contributed by atoms with E-state index < -0.39 is 33.7 Å². The molecule has 0 aliphatic heterocycles. The van der Waals surface area contributed by atoms with E-state index in [1.165, 1.54) is 24.3 Å². The zero-order valence-electron chi connectivity index (χ0n) is 17.6. The second kappa shape index (κ2) is 9.87. The topological polar surface area (TPSA) is 68.3 Å².